The van der Waals surface area contributed by atoms with Crippen LogP contribution in [0.4, 0.5) is 5.69 Å². The molecule has 2 aliphatic rings. The molecule has 116 valence electrons. The molecule has 1 aromatic rings. The van der Waals surface area contributed by atoms with E-state index in [2.05, 4.69) is 52.3 Å². The van der Waals surface area contributed by atoms with Gasteiger partial charge in [0.05, 0.1) is 17.6 Å². The van der Waals surface area contributed by atoms with Gasteiger partial charge in [-0.15, -0.1) is 0 Å². The maximum atomic E-state index is 4.67. The Bertz CT molecular complexity index is 445. The average molecular weight is 288 g/mol. The maximum absolute atomic E-state index is 4.67. The third-order valence-corrected chi connectivity index (χ3v) is 4.87. The van der Waals surface area contributed by atoms with Crippen LogP contribution in [0, 0.1) is 0 Å². The van der Waals surface area contributed by atoms with Crippen molar-refractivity contribution in [1.82, 2.24) is 15.2 Å². The van der Waals surface area contributed by atoms with E-state index in [9.17, 15) is 0 Å². The third-order valence-electron chi connectivity index (χ3n) is 4.87. The first-order valence-electron chi connectivity index (χ1n) is 8.46. The quantitative estimate of drug-likeness (QED) is 0.901. The van der Waals surface area contributed by atoms with Crippen molar-refractivity contribution < 1.29 is 0 Å². The molecule has 2 aliphatic heterocycles. The van der Waals surface area contributed by atoms with Gasteiger partial charge < -0.3 is 10.2 Å². The van der Waals surface area contributed by atoms with Crippen molar-refractivity contribution in [3.63, 3.8) is 0 Å². The largest absolute Gasteiger partial charge is 0.367 e. The molecule has 3 heterocycles. The van der Waals surface area contributed by atoms with E-state index in [1.807, 2.05) is 0 Å². The van der Waals surface area contributed by atoms with Crippen LogP contribution in [0.1, 0.15) is 44.8 Å². The van der Waals surface area contributed by atoms with Crippen LogP contribution in [-0.2, 0) is 0 Å². The van der Waals surface area contributed by atoms with Gasteiger partial charge in [0.15, 0.2) is 0 Å². The predicted octanol–water partition coefficient (Wildman–Crippen LogP) is 2.43. The van der Waals surface area contributed by atoms with Gasteiger partial charge in [0.2, 0.25) is 0 Å². The number of aromatic nitrogens is 1. The van der Waals surface area contributed by atoms with Crippen LogP contribution in [0.2, 0.25) is 0 Å². The first kappa shape index (κ1) is 14.8. The molecule has 1 aromatic heterocycles. The molecular weight excluding hydrogens is 260 g/mol. The van der Waals surface area contributed by atoms with Crippen LogP contribution in [-0.4, -0.2) is 48.6 Å². The van der Waals surface area contributed by atoms with Gasteiger partial charge in [0.25, 0.3) is 0 Å². The van der Waals surface area contributed by atoms with Crippen molar-refractivity contribution in [2.45, 2.75) is 45.2 Å². The van der Waals surface area contributed by atoms with E-state index in [-0.39, 0.29) is 0 Å². The number of hydrogen-bond donors (Lipinski definition) is 1. The summed E-state index contributed by atoms with van der Waals surface area (Å²) in [6.07, 6.45) is 5.95. The summed E-state index contributed by atoms with van der Waals surface area (Å²) in [7, 11) is 0. The summed E-state index contributed by atoms with van der Waals surface area (Å²) < 4.78 is 0. The lowest BCUT2D eigenvalue weighted by Crippen LogP contribution is -2.50. The van der Waals surface area contributed by atoms with E-state index in [0.29, 0.717) is 6.04 Å². The number of pyridine rings is 1. The predicted molar refractivity (Wildman–Crippen MR) is 87.8 cm³/mol. The van der Waals surface area contributed by atoms with E-state index >= 15 is 0 Å². The normalized spacial score (nSPS) is 24.1. The lowest BCUT2D eigenvalue weighted by Gasteiger charge is -2.38. The lowest BCUT2D eigenvalue weighted by molar-refractivity contribution is 0.231. The lowest BCUT2D eigenvalue weighted by atomic mass is 10.1. The van der Waals surface area contributed by atoms with Gasteiger partial charge in [-0.25, -0.2) is 0 Å². The monoisotopic (exact) mass is 288 g/mol. The number of anilines is 1. The number of rotatable bonds is 5. The topological polar surface area (TPSA) is 31.4 Å². The fourth-order valence-corrected chi connectivity index (χ4v) is 3.53. The van der Waals surface area contributed by atoms with E-state index in [0.717, 1.165) is 31.2 Å². The number of piperazine rings is 1. The van der Waals surface area contributed by atoms with Crippen molar-refractivity contribution in [3.05, 3.63) is 24.0 Å². The standard InChI is InChI=1S/C17H28N4/c1-3-8-18-14(2)17-7-6-15(12-19-17)21-11-10-20-9-4-5-16(20)13-21/h6-7,12,14,16,18H,3-5,8-11,13H2,1-2H3. The van der Waals surface area contributed by atoms with Gasteiger partial charge >= 0.3 is 0 Å². The second-order valence-corrected chi connectivity index (χ2v) is 6.40. The van der Waals surface area contributed by atoms with Crippen LogP contribution in [0.3, 0.4) is 0 Å². The Balaban J connectivity index is 1.61. The average Bonchev–Trinajstić information content (AvgIpc) is 3.00. The first-order chi connectivity index (χ1) is 10.3. The maximum Gasteiger partial charge on any atom is 0.0572 e. The van der Waals surface area contributed by atoms with Crippen molar-refractivity contribution in [2.75, 3.05) is 37.6 Å². The summed E-state index contributed by atoms with van der Waals surface area (Å²) in [5.74, 6) is 0. The van der Waals surface area contributed by atoms with Gasteiger partial charge in [-0.05, 0) is 51.4 Å². The molecule has 2 fully saturated rings. The van der Waals surface area contributed by atoms with Crippen LogP contribution in [0.15, 0.2) is 18.3 Å². The van der Waals surface area contributed by atoms with E-state index in [1.165, 1.54) is 38.2 Å². The van der Waals surface area contributed by atoms with Crippen molar-refractivity contribution in [3.8, 4) is 0 Å². The van der Waals surface area contributed by atoms with Gasteiger partial charge in [-0.2, -0.15) is 0 Å². The molecule has 2 saturated heterocycles. The van der Waals surface area contributed by atoms with E-state index in [1.54, 1.807) is 0 Å². The van der Waals surface area contributed by atoms with Crippen LogP contribution in [0.25, 0.3) is 0 Å². The van der Waals surface area contributed by atoms with Crippen LogP contribution >= 0.6 is 0 Å². The Morgan fingerprint density at radius 2 is 2.24 bits per heavy atom. The van der Waals surface area contributed by atoms with Gasteiger partial charge in [0, 0.05) is 31.7 Å². The first-order valence-corrected chi connectivity index (χ1v) is 8.46. The molecule has 0 amide bonds. The smallest absolute Gasteiger partial charge is 0.0572 e. The molecule has 0 aliphatic carbocycles. The zero-order valence-corrected chi connectivity index (χ0v) is 13.4. The Morgan fingerprint density at radius 3 is 3.00 bits per heavy atom. The van der Waals surface area contributed by atoms with Gasteiger partial charge in [-0.1, -0.05) is 6.92 Å². The van der Waals surface area contributed by atoms with E-state index < -0.39 is 0 Å². The summed E-state index contributed by atoms with van der Waals surface area (Å²) >= 11 is 0. The molecule has 0 saturated carbocycles. The van der Waals surface area contributed by atoms with Crippen molar-refractivity contribution in [1.29, 1.82) is 0 Å². The van der Waals surface area contributed by atoms with E-state index in [4.69, 9.17) is 0 Å². The highest BCUT2D eigenvalue weighted by molar-refractivity contribution is 5.45. The molecular formula is C17H28N4. The second-order valence-electron chi connectivity index (χ2n) is 6.40. The van der Waals surface area contributed by atoms with Gasteiger partial charge in [0.1, 0.15) is 0 Å². The molecule has 4 heteroatoms. The van der Waals surface area contributed by atoms with Crippen molar-refractivity contribution >= 4 is 5.69 Å². The zero-order chi connectivity index (χ0) is 14.7. The SMILES string of the molecule is CCCNC(C)c1ccc(N2CCN3CCCC3C2)cn1. The van der Waals surface area contributed by atoms with Crippen LogP contribution in [0.5, 0.6) is 0 Å². The number of hydrogen-bond acceptors (Lipinski definition) is 4. The summed E-state index contributed by atoms with van der Waals surface area (Å²) in [6, 6.07) is 5.54. The molecule has 2 unspecified atom stereocenters. The van der Waals surface area contributed by atoms with Crippen molar-refractivity contribution in [2.24, 2.45) is 0 Å². The Kier molecular flexibility index (Phi) is 4.76. The summed E-state index contributed by atoms with van der Waals surface area (Å²) in [5, 5.41) is 3.50. The third kappa shape index (κ3) is 3.38. The Morgan fingerprint density at radius 1 is 1.33 bits per heavy atom. The fraction of sp³-hybridized carbons (Fsp3) is 0.706. The molecule has 0 spiro atoms. The Hall–Kier alpha value is -1.13. The molecule has 21 heavy (non-hydrogen) atoms. The minimum Gasteiger partial charge on any atom is -0.367 e. The molecule has 0 radical (unpaired) electrons. The highest BCUT2D eigenvalue weighted by Gasteiger charge is 2.30. The summed E-state index contributed by atoms with van der Waals surface area (Å²) in [4.78, 5) is 9.83. The molecule has 2 atom stereocenters. The second kappa shape index (κ2) is 6.75. The van der Waals surface area contributed by atoms with Crippen LogP contribution < -0.4 is 10.2 Å². The van der Waals surface area contributed by atoms with Gasteiger partial charge in [-0.3, -0.25) is 9.88 Å². The highest BCUT2D eigenvalue weighted by atomic mass is 15.3. The minimum atomic E-state index is 0.339. The number of nitrogens with zero attached hydrogens (tertiary/aromatic N) is 3. The number of fused-ring (bicyclic) bond motifs is 1. The summed E-state index contributed by atoms with van der Waals surface area (Å²) in [5.41, 5.74) is 2.43. The number of nitrogens with one attached hydrogen (secondary N) is 1. The molecule has 0 bridgehead atoms. The fourth-order valence-electron chi connectivity index (χ4n) is 3.53. The Labute approximate surface area is 128 Å². The molecule has 1 N–H and O–H groups in total. The molecule has 3 rings (SSSR count). The summed E-state index contributed by atoms with van der Waals surface area (Å²) in [6.45, 7) is 10.3. The minimum absolute atomic E-state index is 0.339. The molecule has 4 nitrogen and oxygen atoms in total. The zero-order valence-electron chi connectivity index (χ0n) is 13.4. The highest BCUT2D eigenvalue weighted by Crippen LogP contribution is 2.25. The molecule has 0 aromatic carbocycles.